The Balaban J connectivity index is 1.95. The molecule has 2 rings (SSSR count). The van der Waals surface area contributed by atoms with Gasteiger partial charge in [-0.25, -0.2) is 5.43 Å². The van der Waals surface area contributed by atoms with Crippen LogP contribution in [0.1, 0.15) is 5.56 Å². The van der Waals surface area contributed by atoms with E-state index in [4.69, 9.17) is 9.47 Å². The first-order chi connectivity index (χ1) is 12.6. The number of nitrogens with zero attached hydrogens (tertiary/aromatic N) is 1. The molecule has 0 aliphatic carbocycles. The van der Waals surface area contributed by atoms with Crippen LogP contribution in [-0.2, 0) is 9.59 Å². The molecule has 0 aromatic heterocycles. The van der Waals surface area contributed by atoms with Crippen LogP contribution in [0.4, 0.5) is 5.69 Å². The van der Waals surface area contributed by atoms with Crippen LogP contribution in [0.5, 0.6) is 11.5 Å². The van der Waals surface area contributed by atoms with Gasteiger partial charge in [0, 0.05) is 11.0 Å². The number of anilines is 1. The topological polar surface area (TPSA) is 89.0 Å². The Hall–Kier alpha value is -3.00. The van der Waals surface area contributed by atoms with Gasteiger partial charge in [0.15, 0.2) is 0 Å². The van der Waals surface area contributed by atoms with Gasteiger partial charge in [0.2, 0.25) is 0 Å². The Morgan fingerprint density at radius 3 is 2.38 bits per heavy atom. The van der Waals surface area contributed by atoms with Crippen LogP contribution < -0.4 is 20.2 Å². The summed E-state index contributed by atoms with van der Waals surface area (Å²) in [5.74, 6) is -0.799. The van der Waals surface area contributed by atoms with Crippen molar-refractivity contribution in [3.8, 4) is 11.5 Å². The fourth-order valence-electron chi connectivity index (χ4n) is 1.99. The molecule has 0 aliphatic rings. The molecule has 0 heterocycles. The number of ether oxygens (including phenoxy) is 2. The summed E-state index contributed by atoms with van der Waals surface area (Å²) >= 11 is 1.63. The SMILES string of the molecule is COc1ccc(NC(=O)C(=O)N/N=C\c2ccc(SC)cc2)c(OC)c1. The number of methoxy groups -OCH3 is 2. The second-order valence-electron chi connectivity index (χ2n) is 4.99. The number of hydrogen-bond donors (Lipinski definition) is 2. The van der Waals surface area contributed by atoms with Crippen LogP contribution in [-0.4, -0.2) is 38.5 Å². The molecule has 0 spiro atoms. The maximum Gasteiger partial charge on any atom is 0.329 e. The average Bonchev–Trinajstić information content (AvgIpc) is 2.68. The Kier molecular flexibility index (Phi) is 7.04. The summed E-state index contributed by atoms with van der Waals surface area (Å²) in [6, 6.07) is 12.4. The summed E-state index contributed by atoms with van der Waals surface area (Å²) in [6.07, 6.45) is 3.45. The quantitative estimate of drug-likeness (QED) is 0.352. The minimum absolute atomic E-state index is 0.352. The predicted octanol–water partition coefficient (Wildman–Crippen LogP) is 2.51. The first kappa shape index (κ1) is 19.3. The zero-order valence-corrected chi connectivity index (χ0v) is 15.4. The lowest BCUT2D eigenvalue weighted by atomic mass is 10.2. The van der Waals surface area contributed by atoms with Crippen molar-refractivity contribution >= 4 is 35.5 Å². The fourth-order valence-corrected chi connectivity index (χ4v) is 2.40. The van der Waals surface area contributed by atoms with Crippen molar-refractivity contribution in [3.63, 3.8) is 0 Å². The van der Waals surface area contributed by atoms with E-state index in [9.17, 15) is 9.59 Å². The molecule has 0 saturated heterocycles. The number of amides is 2. The summed E-state index contributed by atoms with van der Waals surface area (Å²) in [5, 5.41) is 6.25. The fraction of sp³-hybridized carbons (Fsp3) is 0.167. The van der Waals surface area contributed by atoms with Gasteiger partial charge in [-0.3, -0.25) is 9.59 Å². The van der Waals surface area contributed by atoms with E-state index in [1.807, 2.05) is 30.5 Å². The van der Waals surface area contributed by atoms with E-state index in [0.29, 0.717) is 17.2 Å². The number of carbonyl (C=O) groups is 2. The third-order valence-electron chi connectivity index (χ3n) is 3.36. The molecule has 0 radical (unpaired) electrons. The lowest BCUT2D eigenvalue weighted by Crippen LogP contribution is -2.32. The Bertz CT molecular complexity index is 807. The Morgan fingerprint density at radius 2 is 1.77 bits per heavy atom. The zero-order chi connectivity index (χ0) is 18.9. The zero-order valence-electron chi connectivity index (χ0n) is 14.6. The van der Waals surface area contributed by atoms with Gasteiger partial charge in [-0.2, -0.15) is 5.10 Å². The number of hydrazone groups is 1. The van der Waals surface area contributed by atoms with Crippen molar-refractivity contribution in [2.45, 2.75) is 4.90 Å². The van der Waals surface area contributed by atoms with Crippen molar-refractivity contribution in [1.29, 1.82) is 0 Å². The second kappa shape index (κ2) is 9.47. The maximum atomic E-state index is 12.0. The third-order valence-corrected chi connectivity index (χ3v) is 4.10. The minimum atomic E-state index is -0.889. The Morgan fingerprint density at radius 1 is 1.04 bits per heavy atom. The number of carbonyl (C=O) groups excluding carboxylic acids is 2. The minimum Gasteiger partial charge on any atom is -0.497 e. The van der Waals surface area contributed by atoms with Crippen molar-refractivity contribution in [2.75, 3.05) is 25.8 Å². The van der Waals surface area contributed by atoms with E-state index in [0.717, 1.165) is 10.5 Å². The summed E-state index contributed by atoms with van der Waals surface area (Å²) in [4.78, 5) is 25.0. The largest absolute Gasteiger partial charge is 0.497 e. The molecular weight excluding hydrogens is 354 g/mol. The molecule has 2 amide bonds. The average molecular weight is 373 g/mol. The summed E-state index contributed by atoms with van der Waals surface area (Å²) < 4.78 is 10.2. The number of hydrogen-bond acceptors (Lipinski definition) is 6. The van der Waals surface area contributed by atoms with Crippen molar-refractivity contribution in [1.82, 2.24) is 5.43 Å². The maximum absolute atomic E-state index is 12.0. The standard InChI is InChI=1S/C18H19N3O4S/c1-24-13-6-9-15(16(10-13)25-2)20-17(22)18(23)21-19-11-12-4-7-14(26-3)8-5-12/h4-11H,1-3H3,(H,20,22)(H,21,23)/b19-11-. The molecule has 26 heavy (non-hydrogen) atoms. The molecule has 0 atom stereocenters. The molecular formula is C18H19N3O4S. The highest BCUT2D eigenvalue weighted by Gasteiger charge is 2.15. The molecule has 0 bridgehead atoms. The highest BCUT2D eigenvalue weighted by Crippen LogP contribution is 2.28. The van der Waals surface area contributed by atoms with Gasteiger partial charge in [-0.05, 0) is 36.1 Å². The Labute approximate surface area is 155 Å². The number of benzene rings is 2. The summed E-state index contributed by atoms with van der Waals surface area (Å²) in [7, 11) is 2.98. The van der Waals surface area contributed by atoms with E-state index in [-0.39, 0.29) is 0 Å². The van der Waals surface area contributed by atoms with Gasteiger partial charge in [-0.1, -0.05) is 12.1 Å². The molecule has 0 unspecified atom stereocenters. The molecule has 2 N–H and O–H groups in total. The molecule has 2 aromatic rings. The first-order valence-electron chi connectivity index (χ1n) is 7.58. The van der Waals surface area contributed by atoms with Gasteiger partial charge >= 0.3 is 11.8 Å². The molecule has 2 aromatic carbocycles. The van der Waals surface area contributed by atoms with E-state index in [1.54, 1.807) is 30.0 Å². The van der Waals surface area contributed by atoms with E-state index in [2.05, 4.69) is 15.8 Å². The van der Waals surface area contributed by atoms with Gasteiger partial charge in [0.1, 0.15) is 11.5 Å². The van der Waals surface area contributed by atoms with Crippen LogP contribution in [0.3, 0.4) is 0 Å². The summed E-state index contributed by atoms with van der Waals surface area (Å²) in [6.45, 7) is 0. The van der Waals surface area contributed by atoms with Crippen LogP contribution in [0.15, 0.2) is 52.5 Å². The third kappa shape index (κ3) is 5.25. The smallest absolute Gasteiger partial charge is 0.329 e. The monoisotopic (exact) mass is 373 g/mol. The van der Waals surface area contributed by atoms with Gasteiger partial charge in [-0.15, -0.1) is 11.8 Å². The molecule has 8 heteroatoms. The lowest BCUT2D eigenvalue weighted by molar-refractivity contribution is -0.136. The molecule has 7 nitrogen and oxygen atoms in total. The second-order valence-corrected chi connectivity index (χ2v) is 5.87. The highest BCUT2D eigenvalue weighted by atomic mass is 32.2. The van der Waals surface area contributed by atoms with Crippen molar-refractivity contribution < 1.29 is 19.1 Å². The van der Waals surface area contributed by atoms with Crippen LogP contribution in [0.25, 0.3) is 0 Å². The molecule has 0 fully saturated rings. The predicted molar refractivity (Wildman–Crippen MR) is 102 cm³/mol. The van der Waals surface area contributed by atoms with Gasteiger partial charge < -0.3 is 14.8 Å². The van der Waals surface area contributed by atoms with Crippen LogP contribution in [0.2, 0.25) is 0 Å². The van der Waals surface area contributed by atoms with Gasteiger partial charge in [0.25, 0.3) is 0 Å². The van der Waals surface area contributed by atoms with E-state index < -0.39 is 11.8 Å². The van der Waals surface area contributed by atoms with Crippen molar-refractivity contribution in [2.24, 2.45) is 5.10 Å². The lowest BCUT2D eigenvalue weighted by Gasteiger charge is -2.10. The normalized spacial score (nSPS) is 10.4. The summed E-state index contributed by atoms with van der Waals surface area (Å²) in [5.41, 5.74) is 3.35. The number of thioether (sulfide) groups is 1. The van der Waals surface area contributed by atoms with E-state index in [1.165, 1.54) is 20.4 Å². The number of nitrogens with one attached hydrogen (secondary N) is 2. The van der Waals surface area contributed by atoms with Crippen molar-refractivity contribution in [3.05, 3.63) is 48.0 Å². The number of rotatable bonds is 6. The first-order valence-corrected chi connectivity index (χ1v) is 8.80. The van der Waals surface area contributed by atoms with Crippen LogP contribution >= 0.6 is 11.8 Å². The molecule has 136 valence electrons. The van der Waals surface area contributed by atoms with Crippen LogP contribution in [0, 0.1) is 0 Å². The van der Waals surface area contributed by atoms with Gasteiger partial charge in [0.05, 0.1) is 26.1 Å². The van der Waals surface area contributed by atoms with E-state index >= 15 is 0 Å². The molecule has 0 aliphatic heterocycles. The molecule has 0 saturated carbocycles. The highest BCUT2D eigenvalue weighted by molar-refractivity contribution is 7.98.